The van der Waals surface area contributed by atoms with Crippen molar-refractivity contribution in [2.24, 2.45) is 0 Å². The average Bonchev–Trinajstić information content (AvgIpc) is 2.60. The van der Waals surface area contributed by atoms with Gasteiger partial charge in [-0.15, -0.1) is 0 Å². The number of hydrogen-bond acceptors (Lipinski definition) is 5. The minimum atomic E-state index is -3.75. The zero-order valence-corrected chi connectivity index (χ0v) is 14.5. The fourth-order valence-electron chi connectivity index (χ4n) is 2.51. The van der Waals surface area contributed by atoms with E-state index in [4.69, 9.17) is 14.7 Å². The Morgan fingerprint density at radius 2 is 1.79 bits per heavy atom. The topological polar surface area (TPSA) is 79.6 Å². The van der Waals surface area contributed by atoms with Crippen LogP contribution in [0.2, 0.25) is 0 Å². The summed E-state index contributed by atoms with van der Waals surface area (Å²) in [6.45, 7) is 0.585. The lowest BCUT2D eigenvalue weighted by molar-refractivity contribution is 0.179. The molecule has 0 spiro atoms. The molecule has 6 nitrogen and oxygen atoms in total. The molecule has 0 amide bonds. The average molecular weight is 348 g/mol. The van der Waals surface area contributed by atoms with Gasteiger partial charge in [0.15, 0.2) is 0 Å². The van der Waals surface area contributed by atoms with Gasteiger partial charge in [0.05, 0.1) is 24.7 Å². The van der Waals surface area contributed by atoms with Crippen LogP contribution in [0, 0.1) is 11.3 Å². The number of hydrogen-bond donors (Lipinski definition) is 0. The molecule has 0 fully saturated rings. The first kappa shape index (κ1) is 18.2. The third kappa shape index (κ3) is 3.67. The summed E-state index contributed by atoms with van der Waals surface area (Å²) < 4.78 is 37.8. The minimum absolute atomic E-state index is 0.122. The highest BCUT2D eigenvalue weighted by Crippen LogP contribution is 2.32. The van der Waals surface area contributed by atoms with E-state index in [1.807, 2.05) is 18.2 Å². The minimum Gasteiger partial charge on any atom is -0.496 e. The molecule has 2 aromatic carbocycles. The Labute approximate surface area is 142 Å². The second-order valence-electron chi connectivity index (χ2n) is 5.12. The van der Waals surface area contributed by atoms with Gasteiger partial charge in [-0.3, -0.25) is 0 Å². The molecule has 0 radical (unpaired) electrons. The van der Waals surface area contributed by atoms with Gasteiger partial charge in [0.2, 0.25) is 10.0 Å². The van der Waals surface area contributed by atoms with Crippen LogP contribution in [0.5, 0.6) is 5.75 Å². The zero-order chi connectivity index (χ0) is 17.6. The molecule has 24 heavy (non-hydrogen) atoms. The first-order chi connectivity index (χ1) is 11.6. The van der Waals surface area contributed by atoms with E-state index in [0.29, 0.717) is 11.1 Å². The van der Waals surface area contributed by atoms with Crippen LogP contribution in [0.15, 0.2) is 41.3 Å². The number of methoxy groups -OCH3 is 2. The van der Waals surface area contributed by atoms with Gasteiger partial charge in [0, 0.05) is 37.4 Å². The van der Waals surface area contributed by atoms with Gasteiger partial charge >= 0.3 is 0 Å². The largest absolute Gasteiger partial charge is 0.496 e. The van der Waals surface area contributed by atoms with E-state index in [1.54, 1.807) is 31.4 Å². The maximum Gasteiger partial charge on any atom is 0.243 e. The standard InChI is InChI=1S/C17H20N2O4S/c1-22-13-12-19(11-5-10-18)24(20,21)17-9-8-16(23-2)14-6-3-4-7-15(14)17/h3-4,6-9H,5,11-13H2,1-2H3. The molecule has 0 aromatic heterocycles. The monoisotopic (exact) mass is 348 g/mol. The van der Waals surface area contributed by atoms with E-state index < -0.39 is 10.0 Å². The third-order valence-electron chi connectivity index (χ3n) is 3.70. The number of ether oxygens (including phenoxy) is 2. The van der Waals surface area contributed by atoms with Crippen molar-refractivity contribution < 1.29 is 17.9 Å². The second kappa shape index (κ2) is 8.11. The molecule has 0 N–H and O–H groups in total. The van der Waals surface area contributed by atoms with Crippen molar-refractivity contribution in [3.05, 3.63) is 36.4 Å². The number of sulfonamides is 1. The summed E-state index contributed by atoms with van der Waals surface area (Å²) in [6, 6.07) is 12.4. The Hall–Kier alpha value is -2.14. The molecule has 7 heteroatoms. The van der Waals surface area contributed by atoms with E-state index in [2.05, 4.69) is 0 Å². The lowest BCUT2D eigenvalue weighted by atomic mass is 10.1. The van der Waals surface area contributed by atoms with Crippen molar-refractivity contribution >= 4 is 20.8 Å². The van der Waals surface area contributed by atoms with Crippen molar-refractivity contribution in [1.82, 2.24) is 4.31 Å². The molecule has 0 aliphatic carbocycles. The van der Waals surface area contributed by atoms with Crippen LogP contribution in [0.4, 0.5) is 0 Å². The zero-order valence-electron chi connectivity index (χ0n) is 13.7. The van der Waals surface area contributed by atoms with E-state index >= 15 is 0 Å². The predicted molar refractivity (Wildman–Crippen MR) is 91.4 cm³/mol. The summed E-state index contributed by atoms with van der Waals surface area (Å²) in [6.07, 6.45) is 0.122. The Kier molecular flexibility index (Phi) is 6.15. The van der Waals surface area contributed by atoms with Crippen LogP contribution in [0.3, 0.4) is 0 Å². The quantitative estimate of drug-likeness (QED) is 0.732. The summed E-state index contributed by atoms with van der Waals surface area (Å²) in [5.41, 5.74) is 0. The molecule has 2 rings (SSSR count). The van der Waals surface area contributed by atoms with Gasteiger partial charge in [-0.05, 0) is 12.1 Å². The molecular formula is C17H20N2O4S. The molecule has 0 atom stereocenters. The number of nitrogens with zero attached hydrogens (tertiary/aromatic N) is 2. The smallest absolute Gasteiger partial charge is 0.243 e. The third-order valence-corrected chi connectivity index (χ3v) is 5.66. The molecular weight excluding hydrogens is 328 g/mol. The van der Waals surface area contributed by atoms with Crippen molar-refractivity contribution in [1.29, 1.82) is 5.26 Å². The van der Waals surface area contributed by atoms with Crippen molar-refractivity contribution in [2.45, 2.75) is 11.3 Å². The fraction of sp³-hybridized carbons (Fsp3) is 0.353. The highest BCUT2D eigenvalue weighted by molar-refractivity contribution is 7.89. The number of rotatable bonds is 8. The lowest BCUT2D eigenvalue weighted by Crippen LogP contribution is -2.34. The van der Waals surface area contributed by atoms with Crippen molar-refractivity contribution in [2.75, 3.05) is 33.9 Å². The Balaban J connectivity index is 2.55. The van der Waals surface area contributed by atoms with Crippen LogP contribution in [-0.2, 0) is 14.8 Å². The first-order valence-electron chi connectivity index (χ1n) is 7.48. The van der Waals surface area contributed by atoms with E-state index in [9.17, 15) is 8.42 Å². The summed E-state index contributed by atoms with van der Waals surface area (Å²) in [7, 11) is -0.689. The highest BCUT2D eigenvalue weighted by Gasteiger charge is 2.26. The van der Waals surface area contributed by atoms with Crippen LogP contribution >= 0.6 is 0 Å². The number of benzene rings is 2. The molecule has 0 aliphatic heterocycles. The summed E-state index contributed by atoms with van der Waals surface area (Å²) >= 11 is 0. The highest BCUT2D eigenvalue weighted by atomic mass is 32.2. The molecule has 128 valence electrons. The molecule has 0 unspecified atom stereocenters. The van der Waals surface area contributed by atoms with Crippen LogP contribution in [-0.4, -0.2) is 46.6 Å². The van der Waals surface area contributed by atoms with Gasteiger partial charge in [-0.25, -0.2) is 8.42 Å². The molecule has 0 saturated carbocycles. The predicted octanol–water partition coefficient (Wildman–Crippen LogP) is 2.40. The van der Waals surface area contributed by atoms with Gasteiger partial charge in [-0.1, -0.05) is 24.3 Å². The van der Waals surface area contributed by atoms with E-state index in [1.165, 1.54) is 11.4 Å². The number of fused-ring (bicyclic) bond motifs is 1. The second-order valence-corrected chi connectivity index (χ2v) is 7.02. The van der Waals surface area contributed by atoms with Gasteiger partial charge in [-0.2, -0.15) is 9.57 Å². The van der Waals surface area contributed by atoms with E-state index in [0.717, 1.165) is 5.39 Å². The van der Waals surface area contributed by atoms with Gasteiger partial charge < -0.3 is 9.47 Å². The maximum absolute atomic E-state index is 13.1. The van der Waals surface area contributed by atoms with Gasteiger partial charge in [0.25, 0.3) is 0 Å². The fourth-order valence-corrected chi connectivity index (χ4v) is 4.13. The van der Waals surface area contributed by atoms with Crippen molar-refractivity contribution in [3.8, 4) is 11.8 Å². The summed E-state index contributed by atoms with van der Waals surface area (Å²) in [5.74, 6) is 0.616. The molecule has 2 aromatic rings. The molecule has 0 saturated heterocycles. The summed E-state index contributed by atoms with van der Waals surface area (Å²) in [4.78, 5) is 0.202. The van der Waals surface area contributed by atoms with Gasteiger partial charge in [0.1, 0.15) is 5.75 Å². The molecule has 0 aliphatic rings. The summed E-state index contributed by atoms with van der Waals surface area (Å²) in [5, 5.41) is 10.1. The van der Waals surface area contributed by atoms with Crippen LogP contribution in [0.1, 0.15) is 6.42 Å². The van der Waals surface area contributed by atoms with Crippen LogP contribution < -0.4 is 4.74 Å². The molecule has 0 heterocycles. The Bertz CT molecular complexity index is 843. The van der Waals surface area contributed by atoms with E-state index in [-0.39, 0.29) is 31.0 Å². The lowest BCUT2D eigenvalue weighted by Gasteiger charge is -2.22. The normalized spacial score (nSPS) is 11.6. The van der Waals surface area contributed by atoms with Crippen LogP contribution in [0.25, 0.3) is 10.8 Å². The molecule has 0 bridgehead atoms. The maximum atomic E-state index is 13.1. The Morgan fingerprint density at radius 3 is 2.42 bits per heavy atom. The SMILES string of the molecule is COCCN(CCC#N)S(=O)(=O)c1ccc(OC)c2ccccc12. The van der Waals surface area contributed by atoms with Crippen molar-refractivity contribution in [3.63, 3.8) is 0 Å². The first-order valence-corrected chi connectivity index (χ1v) is 8.92. The Morgan fingerprint density at radius 1 is 1.08 bits per heavy atom. The number of nitriles is 1.